The van der Waals surface area contributed by atoms with Gasteiger partial charge in [-0.05, 0) is 42.8 Å². The fourth-order valence-corrected chi connectivity index (χ4v) is 5.27. The third-order valence-electron chi connectivity index (χ3n) is 5.44. The molecule has 8 heteroatoms. The predicted octanol–water partition coefficient (Wildman–Crippen LogP) is 2.80. The van der Waals surface area contributed by atoms with Crippen LogP contribution >= 0.6 is 0 Å². The van der Waals surface area contributed by atoms with Gasteiger partial charge < -0.3 is 9.64 Å². The molecular formula is C21H19N3O4S. The van der Waals surface area contributed by atoms with Crippen LogP contribution in [0.25, 0.3) is 22.0 Å². The van der Waals surface area contributed by atoms with Gasteiger partial charge in [-0.15, -0.1) is 0 Å². The molecule has 1 amide bonds. The van der Waals surface area contributed by atoms with Crippen LogP contribution in [0.5, 0.6) is 0 Å². The topological polar surface area (TPSA) is 88.6 Å². The maximum absolute atomic E-state index is 12.9. The van der Waals surface area contributed by atoms with E-state index in [0.717, 1.165) is 16.5 Å². The summed E-state index contributed by atoms with van der Waals surface area (Å²) in [5.41, 5.74) is 3.76. The Hall–Kier alpha value is -2.97. The van der Waals surface area contributed by atoms with Gasteiger partial charge in [-0.1, -0.05) is 6.07 Å². The van der Waals surface area contributed by atoms with E-state index in [-0.39, 0.29) is 10.8 Å². The van der Waals surface area contributed by atoms with Crippen LogP contribution in [0, 0.1) is 6.92 Å². The molecule has 148 valence electrons. The van der Waals surface area contributed by atoms with Crippen LogP contribution in [0.3, 0.4) is 0 Å². The summed E-state index contributed by atoms with van der Waals surface area (Å²) in [6.45, 7) is 4.04. The van der Waals surface area contributed by atoms with E-state index in [9.17, 15) is 13.2 Å². The normalized spacial score (nSPS) is 17.3. The summed E-state index contributed by atoms with van der Waals surface area (Å²) in [6, 6.07) is 10.5. The fourth-order valence-electron chi connectivity index (χ4n) is 3.98. The molecule has 1 fully saturated rings. The number of rotatable bonds is 1. The van der Waals surface area contributed by atoms with Crippen LogP contribution in [0.1, 0.15) is 15.9 Å². The molecule has 0 bridgehead atoms. The lowest BCUT2D eigenvalue weighted by molar-refractivity contribution is 0.0303. The lowest BCUT2D eigenvalue weighted by Crippen LogP contribution is -2.40. The molecule has 3 aromatic rings. The molecule has 0 spiro atoms. The Labute approximate surface area is 168 Å². The lowest BCUT2D eigenvalue weighted by atomic mass is 9.96. The molecule has 0 atom stereocenters. The number of morpholine rings is 1. The van der Waals surface area contributed by atoms with Crippen molar-refractivity contribution in [3.63, 3.8) is 0 Å². The van der Waals surface area contributed by atoms with E-state index < -0.39 is 10.0 Å². The van der Waals surface area contributed by atoms with Crippen molar-refractivity contribution in [1.29, 1.82) is 0 Å². The highest BCUT2D eigenvalue weighted by Gasteiger charge is 2.31. The van der Waals surface area contributed by atoms with Crippen molar-refractivity contribution >= 4 is 32.5 Å². The van der Waals surface area contributed by atoms with Crippen LogP contribution in [-0.4, -0.2) is 50.5 Å². The number of carbonyl (C=O) groups is 1. The number of anilines is 1. The second-order valence-electron chi connectivity index (χ2n) is 7.24. The van der Waals surface area contributed by atoms with Gasteiger partial charge in [0.25, 0.3) is 15.9 Å². The minimum atomic E-state index is -3.76. The van der Waals surface area contributed by atoms with Crippen molar-refractivity contribution in [1.82, 2.24) is 9.88 Å². The maximum atomic E-state index is 12.9. The van der Waals surface area contributed by atoms with Gasteiger partial charge in [0.15, 0.2) is 0 Å². The van der Waals surface area contributed by atoms with Crippen LogP contribution in [0.15, 0.2) is 47.5 Å². The zero-order valence-electron chi connectivity index (χ0n) is 15.8. The van der Waals surface area contributed by atoms with Crippen LogP contribution < -0.4 is 4.72 Å². The Morgan fingerprint density at radius 1 is 1.14 bits per heavy atom. The number of ether oxygens (including phenoxy) is 1. The van der Waals surface area contributed by atoms with Crippen molar-refractivity contribution in [2.75, 3.05) is 31.0 Å². The molecule has 0 radical (unpaired) electrons. The van der Waals surface area contributed by atoms with Gasteiger partial charge in [-0.3, -0.25) is 14.5 Å². The highest BCUT2D eigenvalue weighted by molar-refractivity contribution is 7.93. The van der Waals surface area contributed by atoms with Gasteiger partial charge in [-0.25, -0.2) is 8.42 Å². The number of fused-ring (bicyclic) bond motifs is 5. The van der Waals surface area contributed by atoms with Gasteiger partial charge in [0.1, 0.15) is 0 Å². The van der Waals surface area contributed by atoms with E-state index in [1.54, 1.807) is 23.2 Å². The average Bonchev–Trinajstić information content (AvgIpc) is 2.75. The number of sulfonamides is 1. The van der Waals surface area contributed by atoms with Gasteiger partial charge in [0, 0.05) is 41.4 Å². The van der Waals surface area contributed by atoms with E-state index >= 15 is 0 Å². The number of carbonyl (C=O) groups excluding carboxylic acids is 1. The molecule has 5 rings (SSSR count). The summed E-state index contributed by atoms with van der Waals surface area (Å²) in [7, 11) is -3.76. The van der Waals surface area contributed by atoms with Crippen molar-refractivity contribution in [3.8, 4) is 11.1 Å². The summed E-state index contributed by atoms with van der Waals surface area (Å²) in [5.74, 6) is -0.121. The summed E-state index contributed by atoms with van der Waals surface area (Å²) in [5, 5.41) is 0.887. The number of aryl methyl sites for hydroxylation is 1. The van der Waals surface area contributed by atoms with E-state index in [2.05, 4.69) is 9.71 Å². The first-order chi connectivity index (χ1) is 14.0. The fraction of sp³-hybridized carbons (Fsp3) is 0.238. The summed E-state index contributed by atoms with van der Waals surface area (Å²) in [4.78, 5) is 19.2. The number of nitrogens with one attached hydrogen (secondary N) is 1. The highest BCUT2D eigenvalue weighted by atomic mass is 32.2. The smallest absolute Gasteiger partial charge is 0.262 e. The molecule has 3 heterocycles. The lowest BCUT2D eigenvalue weighted by Gasteiger charge is -2.28. The van der Waals surface area contributed by atoms with E-state index in [4.69, 9.17) is 4.74 Å². The number of nitrogens with zero attached hydrogens (tertiary/aromatic N) is 2. The second kappa shape index (κ2) is 6.53. The molecule has 2 aliphatic rings. The van der Waals surface area contributed by atoms with Crippen molar-refractivity contribution in [2.24, 2.45) is 0 Å². The van der Waals surface area contributed by atoms with E-state index in [1.165, 1.54) is 6.07 Å². The first kappa shape index (κ1) is 18.1. The van der Waals surface area contributed by atoms with Gasteiger partial charge in [0.2, 0.25) is 0 Å². The second-order valence-corrected chi connectivity index (χ2v) is 8.89. The Balaban J connectivity index is 1.71. The van der Waals surface area contributed by atoms with Crippen LogP contribution in [0.4, 0.5) is 5.69 Å². The molecule has 0 saturated carbocycles. The SMILES string of the molecule is Cc1cc2c(c3ncccc13)NS(=O)(=O)c1ccc(C(=O)N3CCOCC3)cc1-2. The summed E-state index contributed by atoms with van der Waals surface area (Å²) in [6.07, 6.45) is 1.64. The average molecular weight is 409 g/mol. The Morgan fingerprint density at radius 2 is 1.93 bits per heavy atom. The molecule has 1 aromatic heterocycles. The highest BCUT2D eigenvalue weighted by Crippen LogP contribution is 2.43. The molecule has 2 aromatic carbocycles. The quantitative estimate of drug-likeness (QED) is 0.668. The van der Waals surface area contributed by atoms with Crippen molar-refractivity contribution in [3.05, 3.63) is 53.7 Å². The van der Waals surface area contributed by atoms with Gasteiger partial charge in [0.05, 0.1) is 29.3 Å². The number of hydrogen-bond acceptors (Lipinski definition) is 5. The minimum Gasteiger partial charge on any atom is -0.378 e. The zero-order chi connectivity index (χ0) is 20.2. The Bertz CT molecular complexity index is 1260. The Morgan fingerprint density at radius 3 is 2.72 bits per heavy atom. The third kappa shape index (κ3) is 2.87. The molecule has 1 N–H and O–H groups in total. The van der Waals surface area contributed by atoms with Crippen molar-refractivity contribution in [2.45, 2.75) is 11.8 Å². The standard InChI is InChI=1S/C21H19N3O4S/c1-13-11-17-16-12-14(21(25)24-7-9-28-10-8-24)4-5-18(16)29(26,27)23-20(17)19-15(13)3-2-6-22-19/h2-6,11-12,23H,7-10H2,1H3. The molecule has 7 nitrogen and oxygen atoms in total. The molecule has 0 aliphatic carbocycles. The van der Waals surface area contributed by atoms with Crippen LogP contribution in [-0.2, 0) is 14.8 Å². The number of aromatic nitrogens is 1. The Kier molecular flexibility index (Phi) is 4.07. The first-order valence-electron chi connectivity index (χ1n) is 9.38. The van der Waals surface area contributed by atoms with Gasteiger partial charge >= 0.3 is 0 Å². The molecule has 0 unspecified atom stereocenters. The first-order valence-corrected chi connectivity index (χ1v) is 10.9. The number of amides is 1. The predicted molar refractivity (Wildman–Crippen MR) is 109 cm³/mol. The molecule has 1 saturated heterocycles. The van der Waals surface area contributed by atoms with E-state index in [0.29, 0.717) is 48.6 Å². The molecular weight excluding hydrogens is 390 g/mol. The van der Waals surface area contributed by atoms with Crippen LogP contribution in [0.2, 0.25) is 0 Å². The number of benzene rings is 2. The van der Waals surface area contributed by atoms with Crippen molar-refractivity contribution < 1.29 is 17.9 Å². The third-order valence-corrected chi connectivity index (χ3v) is 6.85. The maximum Gasteiger partial charge on any atom is 0.262 e. The summed E-state index contributed by atoms with van der Waals surface area (Å²) < 4.78 is 33.8. The number of pyridine rings is 1. The summed E-state index contributed by atoms with van der Waals surface area (Å²) >= 11 is 0. The monoisotopic (exact) mass is 409 g/mol. The molecule has 2 aliphatic heterocycles. The molecule has 29 heavy (non-hydrogen) atoms. The largest absolute Gasteiger partial charge is 0.378 e. The number of hydrogen-bond donors (Lipinski definition) is 1. The van der Waals surface area contributed by atoms with Gasteiger partial charge in [-0.2, -0.15) is 0 Å². The minimum absolute atomic E-state index is 0.121. The van der Waals surface area contributed by atoms with E-state index in [1.807, 2.05) is 25.1 Å². The zero-order valence-corrected chi connectivity index (χ0v) is 16.6.